The van der Waals surface area contributed by atoms with Crippen molar-refractivity contribution in [1.82, 2.24) is 4.98 Å². The molecule has 0 aliphatic heterocycles. The molecular weight excluding hydrogens is 198 g/mol. The number of nitrogens with zero attached hydrogens (tertiary/aromatic N) is 2. The molecule has 0 unspecified atom stereocenters. The van der Waals surface area contributed by atoms with Gasteiger partial charge < -0.3 is 10.6 Å². The quantitative estimate of drug-likeness (QED) is 0.850. The molecule has 2 N–H and O–H groups in total. The number of anilines is 2. The number of hydrogen-bond acceptors (Lipinski definition) is 3. The van der Waals surface area contributed by atoms with E-state index in [0.29, 0.717) is 5.82 Å². The third kappa shape index (κ3) is 2.31. The van der Waals surface area contributed by atoms with E-state index in [2.05, 4.69) is 22.0 Å². The van der Waals surface area contributed by atoms with Crippen molar-refractivity contribution in [3.8, 4) is 0 Å². The maximum Gasteiger partial charge on any atom is 0.128 e. The summed E-state index contributed by atoms with van der Waals surface area (Å²) in [5.74, 6) is 0.602. The van der Waals surface area contributed by atoms with Gasteiger partial charge in [-0.3, -0.25) is 0 Å². The summed E-state index contributed by atoms with van der Waals surface area (Å²) in [5, 5.41) is 0. The van der Waals surface area contributed by atoms with Crippen molar-refractivity contribution >= 4 is 11.5 Å². The zero-order chi connectivity index (χ0) is 11.4. The molecule has 3 nitrogen and oxygen atoms in total. The zero-order valence-electron chi connectivity index (χ0n) is 9.30. The normalized spacial score (nSPS) is 10.1. The van der Waals surface area contributed by atoms with Crippen molar-refractivity contribution in [2.24, 2.45) is 0 Å². The molecule has 3 heteroatoms. The predicted octanol–water partition coefficient (Wildman–Crippen LogP) is 2.30. The molecule has 0 atom stereocenters. The Kier molecular flexibility index (Phi) is 3.05. The minimum atomic E-state index is 0.602. The van der Waals surface area contributed by atoms with Gasteiger partial charge in [0.05, 0.1) is 0 Å². The van der Waals surface area contributed by atoms with Crippen LogP contribution in [0.4, 0.5) is 11.5 Å². The van der Waals surface area contributed by atoms with Crippen LogP contribution in [0.15, 0.2) is 48.7 Å². The average molecular weight is 213 g/mol. The maximum atomic E-state index is 5.81. The maximum absolute atomic E-state index is 5.81. The van der Waals surface area contributed by atoms with Crippen LogP contribution in [-0.2, 0) is 6.54 Å². The molecule has 0 radical (unpaired) electrons. The Balaban J connectivity index is 2.14. The van der Waals surface area contributed by atoms with Gasteiger partial charge >= 0.3 is 0 Å². The van der Waals surface area contributed by atoms with E-state index in [-0.39, 0.29) is 0 Å². The molecule has 1 aromatic carbocycles. The van der Waals surface area contributed by atoms with Gasteiger partial charge in [-0.1, -0.05) is 24.3 Å². The second kappa shape index (κ2) is 4.66. The number of aromatic nitrogens is 1. The van der Waals surface area contributed by atoms with Crippen molar-refractivity contribution in [1.29, 1.82) is 0 Å². The Hall–Kier alpha value is -2.03. The van der Waals surface area contributed by atoms with E-state index in [4.69, 9.17) is 5.73 Å². The minimum absolute atomic E-state index is 0.602. The van der Waals surface area contributed by atoms with Crippen molar-refractivity contribution in [3.63, 3.8) is 0 Å². The molecular formula is C13H15N3. The summed E-state index contributed by atoms with van der Waals surface area (Å²) in [6, 6.07) is 14.1. The summed E-state index contributed by atoms with van der Waals surface area (Å²) in [6.07, 6.45) is 1.71. The Morgan fingerprint density at radius 2 is 1.88 bits per heavy atom. The third-order valence-corrected chi connectivity index (χ3v) is 2.53. The van der Waals surface area contributed by atoms with Crippen LogP contribution >= 0.6 is 0 Å². The van der Waals surface area contributed by atoms with E-state index in [1.54, 1.807) is 6.20 Å². The molecule has 0 aliphatic carbocycles. The van der Waals surface area contributed by atoms with Gasteiger partial charge in [0.1, 0.15) is 5.82 Å². The Labute approximate surface area is 95.5 Å². The van der Waals surface area contributed by atoms with Crippen molar-refractivity contribution in [2.75, 3.05) is 17.7 Å². The Bertz CT molecular complexity index is 454. The topological polar surface area (TPSA) is 42.2 Å². The second-order valence-electron chi connectivity index (χ2n) is 3.74. The number of rotatable bonds is 3. The summed E-state index contributed by atoms with van der Waals surface area (Å²) in [5.41, 5.74) is 8.03. The molecule has 0 aliphatic rings. The molecule has 0 saturated carbocycles. The number of hydrogen-bond donors (Lipinski definition) is 1. The third-order valence-electron chi connectivity index (χ3n) is 2.53. The van der Waals surface area contributed by atoms with Crippen LogP contribution in [0.2, 0.25) is 0 Å². The first kappa shape index (κ1) is 10.5. The highest BCUT2D eigenvalue weighted by Crippen LogP contribution is 2.16. The van der Waals surface area contributed by atoms with Crippen molar-refractivity contribution < 1.29 is 0 Å². The summed E-state index contributed by atoms with van der Waals surface area (Å²) in [7, 11) is 2.04. The summed E-state index contributed by atoms with van der Waals surface area (Å²) in [6.45, 7) is 0.768. The molecule has 0 amide bonds. The lowest BCUT2D eigenvalue weighted by atomic mass is 10.2. The fourth-order valence-electron chi connectivity index (χ4n) is 1.61. The largest absolute Gasteiger partial charge is 0.383 e. The monoisotopic (exact) mass is 213 g/mol. The molecule has 1 heterocycles. The Morgan fingerprint density at radius 3 is 2.56 bits per heavy atom. The van der Waals surface area contributed by atoms with Crippen LogP contribution in [0.1, 0.15) is 5.56 Å². The lowest BCUT2D eigenvalue weighted by Crippen LogP contribution is -2.17. The van der Waals surface area contributed by atoms with Gasteiger partial charge in [-0.2, -0.15) is 0 Å². The van der Waals surface area contributed by atoms with E-state index in [0.717, 1.165) is 12.1 Å². The molecule has 1 aromatic heterocycles. The molecule has 0 bridgehead atoms. The summed E-state index contributed by atoms with van der Waals surface area (Å²) >= 11 is 0. The predicted molar refractivity (Wildman–Crippen MR) is 67.2 cm³/mol. The van der Waals surface area contributed by atoms with E-state index < -0.39 is 0 Å². The first-order valence-electron chi connectivity index (χ1n) is 5.23. The SMILES string of the molecule is CN(Cc1cccnc1N)c1ccccc1. The fourth-order valence-corrected chi connectivity index (χ4v) is 1.61. The van der Waals surface area contributed by atoms with Gasteiger partial charge in [0, 0.05) is 31.0 Å². The van der Waals surface area contributed by atoms with Crippen LogP contribution in [0.3, 0.4) is 0 Å². The lowest BCUT2D eigenvalue weighted by molar-refractivity contribution is 0.919. The highest BCUT2D eigenvalue weighted by molar-refractivity contribution is 5.48. The van der Waals surface area contributed by atoms with E-state index in [1.807, 2.05) is 37.4 Å². The van der Waals surface area contributed by atoms with Crippen LogP contribution < -0.4 is 10.6 Å². The first-order chi connectivity index (χ1) is 7.77. The molecule has 0 spiro atoms. The standard InChI is InChI=1S/C13H15N3/c1-16(12-7-3-2-4-8-12)10-11-6-5-9-15-13(11)14/h2-9H,10H2,1H3,(H2,14,15). The van der Waals surface area contributed by atoms with E-state index >= 15 is 0 Å². The van der Waals surface area contributed by atoms with Crippen LogP contribution in [0.25, 0.3) is 0 Å². The van der Waals surface area contributed by atoms with Crippen LogP contribution in [0, 0.1) is 0 Å². The number of nitrogen functional groups attached to an aromatic ring is 1. The Morgan fingerprint density at radius 1 is 1.12 bits per heavy atom. The molecule has 16 heavy (non-hydrogen) atoms. The number of para-hydroxylation sites is 1. The van der Waals surface area contributed by atoms with Crippen molar-refractivity contribution in [3.05, 3.63) is 54.2 Å². The van der Waals surface area contributed by atoms with Crippen LogP contribution in [-0.4, -0.2) is 12.0 Å². The van der Waals surface area contributed by atoms with Gasteiger partial charge in [0.2, 0.25) is 0 Å². The zero-order valence-corrected chi connectivity index (χ0v) is 9.30. The smallest absolute Gasteiger partial charge is 0.128 e. The lowest BCUT2D eigenvalue weighted by Gasteiger charge is -2.19. The highest BCUT2D eigenvalue weighted by atomic mass is 15.1. The fraction of sp³-hybridized carbons (Fsp3) is 0.154. The molecule has 2 rings (SSSR count). The average Bonchev–Trinajstić information content (AvgIpc) is 2.33. The summed E-state index contributed by atoms with van der Waals surface area (Å²) in [4.78, 5) is 6.22. The molecule has 2 aromatic rings. The van der Waals surface area contributed by atoms with Gasteiger partial charge in [-0.25, -0.2) is 4.98 Å². The number of pyridine rings is 1. The molecule has 0 fully saturated rings. The second-order valence-corrected chi connectivity index (χ2v) is 3.74. The van der Waals surface area contributed by atoms with Gasteiger partial charge in [0.15, 0.2) is 0 Å². The number of benzene rings is 1. The van der Waals surface area contributed by atoms with E-state index in [1.165, 1.54) is 5.69 Å². The first-order valence-corrected chi connectivity index (χ1v) is 5.23. The molecule has 0 saturated heterocycles. The van der Waals surface area contributed by atoms with Crippen LogP contribution in [0.5, 0.6) is 0 Å². The van der Waals surface area contributed by atoms with Gasteiger partial charge in [-0.15, -0.1) is 0 Å². The number of nitrogens with two attached hydrogens (primary N) is 1. The molecule has 82 valence electrons. The minimum Gasteiger partial charge on any atom is -0.383 e. The van der Waals surface area contributed by atoms with Gasteiger partial charge in [0.25, 0.3) is 0 Å². The van der Waals surface area contributed by atoms with E-state index in [9.17, 15) is 0 Å². The van der Waals surface area contributed by atoms with Gasteiger partial charge in [-0.05, 0) is 18.2 Å². The van der Waals surface area contributed by atoms with Crippen molar-refractivity contribution in [2.45, 2.75) is 6.54 Å². The highest BCUT2D eigenvalue weighted by Gasteiger charge is 2.04. The summed E-state index contributed by atoms with van der Waals surface area (Å²) < 4.78 is 0.